The van der Waals surface area contributed by atoms with E-state index in [4.69, 9.17) is 21.1 Å². The number of fused-ring (bicyclic) bond motifs is 1. The minimum atomic E-state index is -0.241. The van der Waals surface area contributed by atoms with Gasteiger partial charge in [0.2, 0.25) is 5.91 Å². The van der Waals surface area contributed by atoms with Gasteiger partial charge in [-0.3, -0.25) is 9.59 Å². The molecule has 112 valence electrons. The minimum absolute atomic E-state index is 0.0165. The predicted octanol–water partition coefficient (Wildman–Crippen LogP) is 1.12. The van der Waals surface area contributed by atoms with E-state index in [0.717, 1.165) is 0 Å². The van der Waals surface area contributed by atoms with Crippen LogP contribution in [0.25, 0.3) is 0 Å². The Balaban J connectivity index is 1.72. The molecule has 2 aliphatic rings. The molecule has 1 aromatic carbocycles. The first-order valence-corrected chi connectivity index (χ1v) is 7.18. The van der Waals surface area contributed by atoms with E-state index in [2.05, 4.69) is 10.6 Å². The number of carbonyl (C=O) groups excluding carboxylic acids is 2. The van der Waals surface area contributed by atoms with Gasteiger partial charge in [-0.2, -0.15) is 0 Å². The smallest absolute Gasteiger partial charge is 0.251 e. The highest BCUT2D eigenvalue weighted by molar-refractivity contribution is 6.32. The second-order valence-electron chi connectivity index (χ2n) is 5.00. The molecule has 1 atom stereocenters. The normalized spacial score (nSPS) is 20.6. The molecule has 0 aromatic heterocycles. The van der Waals surface area contributed by atoms with E-state index < -0.39 is 0 Å². The van der Waals surface area contributed by atoms with Crippen molar-refractivity contribution in [1.29, 1.82) is 0 Å². The van der Waals surface area contributed by atoms with E-state index in [9.17, 15) is 9.59 Å². The van der Waals surface area contributed by atoms with E-state index in [0.29, 0.717) is 54.7 Å². The molecular formula is C14H15ClN2O4. The highest BCUT2D eigenvalue weighted by atomic mass is 35.5. The SMILES string of the molecule is O=C1CCC(NC(=O)c2cc(Cl)c3c(c2)OCCO3)CN1. The Bertz CT molecular complexity index is 581. The van der Waals surface area contributed by atoms with Gasteiger partial charge in [0.1, 0.15) is 13.2 Å². The number of hydrogen-bond acceptors (Lipinski definition) is 4. The van der Waals surface area contributed by atoms with E-state index in [1.165, 1.54) is 0 Å². The van der Waals surface area contributed by atoms with Crippen LogP contribution in [0.3, 0.4) is 0 Å². The maximum absolute atomic E-state index is 12.3. The number of amides is 2. The lowest BCUT2D eigenvalue weighted by atomic mass is 10.1. The molecule has 1 saturated heterocycles. The standard InChI is InChI=1S/C14H15ClN2O4/c15-10-5-8(6-11-13(10)21-4-3-20-11)14(19)17-9-1-2-12(18)16-7-9/h5-6,9H,1-4,7H2,(H,16,18)(H,17,19). The number of ether oxygens (including phenoxy) is 2. The molecule has 1 fully saturated rings. The Labute approximate surface area is 126 Å². The molecule has 2 aliphatic heterocycles. The lowest BCUT2D eigenvalue weighted by Crippen LogP contribution is -2.47. The van der Waals surface area contributed by atoms with Gasteiger partial charge in [-0.25, -0.2) is 0 Å². The molecule has 0 saturated carbocycles. The molecule has 0 aliphatic carbocycles. The Morgan fingerprint density at radius 3 is 2.90 bits per heavy atom. The average Bonchev–Trinajstić information content (AvgIpc) is 2.49. The molecule has 21 heavy (non-hydrogen) atoms. The van der Waals surface area contributed by atoms with Crippen LogP contribution in [0.15, 0.2) is 12.1 Å². The van der Waals surface area contributed by atoms with Gasteiger partial charge < -0.3 is 20.1 Å². The van der Waals surface area contributed by atoms with Crippen molar-refractivity contribution < 1.29 is 19.1 Å². The minimum Gasteiger partial charge on any atom is -0.486 e. The van der Waals surface area contributed by atoms with E-state index in [1.807, 2.05) is 0 Å². The summed E-state index contributed by atoms with van der Waals surface area (Å²) in [5, 5.41) is 5.96. The van der Waals surface area contributed by atoms with Crippen molar-refractivity contribution >= 4 is 23.4 Å². The molecule has 0 radical (unpaired) electrons. The quantitative estimate of drug-likeness (QED) is 0.858. The number of piperidine rings is 1. The Morgan fingerprint density at radius 1 is 1.33 bits per heavy atom. The highest BCUT2D eigenvalue weighted by Crippen LogP contribution is 2.38. The number of hydrogen-bond donors (Lipinski definition) is 2. The van der Waals surface area contributed by atoms with Gasteiger partial charge in [-0.1, -0.05) is 11.6 Å². The molecule has 2 heterocycles. The van der Waals surface area contributed by atoms with Crippen LogP contribution < -0.4 is 20.1 Å². The third-order valence-corrected chi connectivity index (χ3v) is 3.74. The van der Waals surface area contributed by atoms with Crippen molar-refractivity contribution in [3.63, 3.8) is 0 Å². The molecule has 0 spiro atoms. The van der Waals surface area contributed by atoms with Crippen LogP contribution in [0.4, 0.5) is 0 Å². The van der Waals surface area contributed by atoms with Crippen LogP contribution in [-0.2, 0) is 4.79 Å². The fraction of sp³-hybridized carbons (Fsp3) is 0.429. The van der Waals surface area contributed by atoms with Gasteiger partial charge in [-0.15, -0.1) is 0 Å². The first-order valence-electron chi connectivity index (χ1n) is 6.80. The Hall–Kier alpha value is -1.95. The molecule has 2 amide bonds. The summed E-state index contributed by atoms with van der Waals surface area (Å²) < 4.78 is 10.9. The van der Waals surface area contributed by atoms with E-state index in [1.54, 1.807) is 12.1 Å². The van der Waals surface area contributed by atoms with Gasteiger partial charge in [-0.05, 0) is 18.6 Å². The van der Waals surface area contributed by atoms with Crippen molar-refractivity contribution in [2.24, 2.45) is 0 Å². The largest absolute Gasteiger partial charge is 0.486 e. The zero-order valence-corrected chi connectivity index (χ0v) is 12.0. The molecule has 0 bridgehead atoms. The number of carbonyl (C=O) groups is 2. The van der Waals surface area contributed by atoms with Crippen LogP contribution in [0, 0.1) is 0 Å². The fourth-order valence-corrected chi connectivity index (χ4v) is 2.63. The summed E-state index contributed by atoms with van der Waals surface area (Å²) >= 11 is 6.11. The monoisotopic (exact) mass is 310 g/mol. The number of rotatable bonds is 2. The van der Waals surface area contributed by atoms with Crippen LogP contribution >= 0.6 is 11.6 Å². The summed E-state index contributed by atoms with van der Waals surface area (Å²) in [6.45, 7) is 1.33. The van der Waals surface area contributed by atoms with Crippen molar-refractivity contribution in [2.75, 3.05) is 19.8 Å². The topological polar surface area (TPSA) is 76.7 Å². The van der Waals surface area contributed by atoms with Gasteiger partial charge in [0.15, 0.2) is 11.5 Å². The van der Waals surface area contributed by atoms with Crippen molar-refractivity contribution in [2.45, 2.75) is 18.9 Å². The summed E-state index contributed by atoms with van der Waals surface area (Å²) in [7, 11) is 0. The predicted molar refractivity (Wildman–Crippen MR) is 75.9 cm³/mol. The Kier molecular flexibility index (Phi) is 3.88. The van der Waals surface area contributed by atoms with E-state index in [-0.39, 0.29) is 17.9 Å². The second kappa shape index (κ2) is 5.81. The molecule has 1 aromatic rings. The van der Waals surface area contributed by atoms with Gasteiger partial charge in [0.25, 0.3) is 5.91 Å². The number of halogens is 1. The maximum atomic E-state index is 12.3. The van der Waals surface area contributed by atoms with Gasteiger partial charge in [0, 0.05) is 24.6 Å². The highest BCUT2D eigenvalue weighted by Gasteiger charge is 2.23. The fourth-order valence-electron chi connectivity index (χ4n) is 2.37. The summed E-state index contributed by atoms with van der Waals surface area (Å²) in [5.74, 6) is 0.734. The van der Waals surface area contributed by atoms with Crippen LogP contribution in [0.2, 0.25) is 5.02 Å². The van der Waals surface area contributed by atoms with Gasteiger partial charge >= 0.3 is 0 Å². The van der Waals surface area contributed by atoms with E-state index >= 15 is 0 Å². The molecule has 7 heteroatoms. The van der Waals surface area contributed by atoms with Crippen molar-refractivity contribution in [3.05, 3.63) is 22.7 Å². The molecular weight excluding hydrogens is 296 g/mol. The lowest BCUT2D eigenvalue weighted by molar-refractivity contribution is -0.122. The summed E-state index contributed by atoms with van der Waals surface area (Å²) in [5.41, 5.74) is 0.418. The summed E-state index contributed by atoms with van der Waals surface area (Å²) in [6, 6.07) is 3.12. The zero-order chi connectivity index (χ0) is 14.8. The number of nitrogens with one attached hydrogen (secondary N) is 2. The van der Waals surface area contributed by atoms with Crippen LogP contribution in [0.5, 0.6) is 11.5 Å². The zero-order valence-electron chi connectivity index (χ0n) is 11.3. The molecule has 1 unspecified atom stereocenters. The van der Waals surface area contributed by atoms with Gasteiger partial charge in [0.05, 0.1) is 5.02 Å². The maximum Gasteiger partial charge on any atom is 0.251 e. The Morgan fingerprint density at radius 2 is 2.14 bits per heavy atom. The summed E-state index contributed by atoms with van der Waals surface area (Å²) in [6.07, 6.45) is 1.06. The van der Waals surface area contributed by atoms with Crippen LogP contribution in [0.1, 0.15) is 23.2 Å². The third-order valence-electron chi connectivity index (χ3n) is 3.46. The first-order chi connectivity index (χ1) is 10.1. The van der Waals surface area contributed by atoms with Crippen molar-refractivity contribution in [1.82, 2.24) is 10.6 Å². The van der Waals surface area contributed by atoms with Crippen molar-refractivity contribution in [3.8, 4) is 11.5 Å². The average molecular weight is 311 g/mol. The first kappa shape index (κ1) is 14.0. The number of benzene rings is 1. The molecule has 2 N–H and O–H groups in total. The van der Waals surface area contributed by atoms with Crippen LogP contribution in [-0.4, -0.2) is 37.6 Å². The lowest BCUT2D eigenvalue weighted by Gasteiger charge is -2.24. The third kappa shape index (κ3) is 3.05. The summed E-state index contributed by atoms with van der Waals surface area (Å²) in [4.78, 5) is 23.4. The molecule has 6 nitrogen and oxygen atoms in total. The second-order valence-corrected chi connectivity index (χ2v) is 5.40. The molecule has 3 rings (SSSR count).